The fraction of sp³-hybridized carbons (Fsp3) is 0.0714. The van der Waals surface area contributed by atoms with Gasteiger partial charge in [0.2, 0.25) is 0 Å². The molecule has 0 aliphatic rings. The Kier molecular flexibility index (Phi) is 4.95. The molecule has 22 heavy (non-hydrogen) atoms. The quantitative estimate of drug-likeness (QED) is 0.888. The molecule has 0 radical (unpaired) electrons. The molecule has 2 aromatic carbocycles. The first kappa shape index (κ1) is 16.6. The lowest BCUT2D eigenvalue weighted by Crippen LogP contribution is -2.36. The van der Waals surface area contributed by atoms with Crippen LogP contribution in [0.3, 0.4) is 0 Å². The van der Waals surface area contributed by atoms with E-state index in [0.29, 0.717) is 4.31 Å². The van der Waals surface area contributed by atoms with E-state index in [1.165, 1.54) is 24.3 Å². The third-order valence-corrected chi connectivity index (χ3v) is 5.17. The summed E-state index contributed by atoms with van der Waals surface area (Å²) in [7, 11) is -4.11. The summed E-state index contributed by atoms with van der Waals surface area (Å²) in [4.78, 5) is 11.0. The summed E-state index contributed by atoms with van der Waals surface area (Å²) in [6, 6.07) is 11.9. The van der Waals surface area contributed by atoms with Crippen LogP contribution in [0.1, 0.15) is 0 Å². The van der Waals surface area contributed by atoms with Crippen LogP contribution in [0, 0.1) is 0 Å². The van der Waals surface area contributed by atoms with Crippen LogP contribution in [-0.2, 0) is 14.8 Å². The van der Waals surface area contributed by atoms with E-state index in [1.807, 2.05) is 0 Å². The van der Waals surface area contributed by atoms with Crippen LogP contribution in [0.25, 0.3) is 0 Å². The molecule has 1 N–H and O–H groups in total. The number of hydrogen-bond acceptors (Lipinski definition) is 3. The fourth-order valence-corrected chi connectivity index (χ4v) is 4.03. The monoisotopic (exact) mass is 359 g/mol. The Morgan fingerprint density at radius 2 is 1.55 bits per heavy atom. The fourth-order valence-electron chi connectivity index (χ4n) is 1.85. The third kappa shape index (κ3) is 3.35. The van der Waals surface area contributed by atoms with Crippen LogP contribution < -0.4 is 4.31 Å². The predicted octanol–water partition coefficient (Wildman–Crippen LogP) is 3.27. The highest BCUT2D eigenvalue weighted by Gasteiger charge is 2.30. The van der Waals surface area contributed by atoms with Gasteiger partial charge in [-0.3, -0.25) is 9.10 Å². The van der Waals surface area contributed by atoms with Crippen molar-refractivity contribution in [2.75, 3.05) is 10.8 Å². The van der Waals surface area contributed by atoms with Crippen molar-refractivity contribution in [1.29, 1.82) is 0 Å². The van der Waals surface area contributed by atoms with Crippen molar-refractivity contribution in [3.05, 3.63) is 58.6 Å². The Labute approximate surface area is 137 Å². The van der Waals surface area contributed by atoms with Crippen LogP contribution >= 0.6 is 23.2 Å². The maximum Gasteiger partial charge on any atom is 0.324 e. The number of aliphatic carboxylic acids is 1. The number of hydrogen-bond donors (Lipinski definition) is 1. The zero-order chi connectivity index (χ0) is 16.3. The van der Waals surface area contributed by atoms with Crippen molar-refractivity contribution in [2.24, 2.45) is 0 Å². The topological polar surface area (TPSA) is 74.7 Å². The highest BCUT2D eigenvalue weighted by atomic mass is 35.5. The minimum absolute atomic E-state index is 0.0489. The van der Waals surface area contributed by atoms with Gasteiger partial charge in [0.25, 0.3) is 10.0 Å². The average molecular weight is 360 g/mol. The van der Waals surface area contributed by atoms with Crippen molar-refractivity contribution in [1.82, 2.24) is 0 Å². The number of carbonyl (C=O) groups is 1. The maximum atomic E-state index is 12.7. The van der Waals surface area contributed by atoms with Gasteiger partial charge in [-0.2, -0.15) is 0 Å². The van der Waals surface area contributed by atoms with E-state index >= 15 is 0 Å². The standard InChI is InChI=1S/C14H11Cl2NO4S/c15-11-7-4-8-12(16)14(11)17(9-13(18)19)22(20,21)10-5-2-1-3-6-10/h1-8H,9H2,(H,18,19). The Balaban J connectivity index is 2.64. The number of anilines is 1. The summed E-state index contributed by atoms with van der Waals surface area (Å²) in [5, 5.41) is 9.14. The number of para-hydroxylation sites is 1. The first-order valence-corrected chi connectivity index (χ1v) is 8.27. The zero-order valence-corrected chi connectivity index (χ0v) is 13.4. The van der Waals surface area contributed by atoms with Gasteiger partial charge in [-0.25, -0.2) is 8.42 Å². The van der Waals surface area contributed by atoms with Gasteiger partial charge < -0.3 is 5.11 Å². The maximum absolute atomic E-state index is 12.7. The minimum Gasteiger partial charge on any atom is -0.480 e. The van der Waals surface area contributed by atoms with E-state index in [9.17, 15) is 13.2 Å². The molecule has 2 aromatic rings. The molecule has 116 valence electrons. The van der Waals surface area contributed by atoms with E-state index in [1.54, 1.807) is 24.3 Å². The number of nitrogens with zero attached hydrogens (tertiary/aromatic N) is 1. The molecule has 2 rings (SSSR count). The molecule has 0 saturated heterocycles. The van der Waals surface area contributed by atoms with Crippen LogP contribution in [0.4, 0.5) is 5.69 Å². The lowest BCUT2D eigenvalue weighted by molar-refractivity contribution is -0.135. The van der Waals surface area contributed by atoms with E-state index in [-0.39, 0.29) is 20.6 Å². The lowest BCUT2D eigenvalue weighted by Gasteiger charge is -2.24. The molecule has 0 aliphatic carbocycles. The van der Waals surface area contributed by atoms with Gasteiger partial charge in [-0.1, -0.05) is 47.5 Å². The van der Waals surface area contributed by atoms with Crippen LogP contribution in [0.15, 0.2) is 53.4 Å². The molecular weight excluding hydrogens is 349 g/mol. The Morgan fingerprint density at radius 3 is 2.05 bits per heavy atom. The molecule has 0 unspecified atom stereocenters. The molecular formula is C14H11Cl2NO4S. The second kappa shape index (κ2) is 6.56. The van der Waals surface area contributed by atoms with Gasteiger partial charge in [-0.15, -0.1) is 0 Å². The lowest BCUT2D eigenvalue weighted by atomic mass is 10.3. The van der Waals surface area contributed by atoms with Crippen LogP contribution in [-0.4, -0.2) is 26.0 Å². The molecule has 0 amide bonds. The van der Waals surface area contributed by atoms with Gasteiger partial charge in [0.1, 0.15) is 6.54 Å². The van der Waals surface area contributed by atoms with Crippen molar-refractivity contribution in [3.8, 4) is 0 Å². The van der Waals surface area contributed by atoms with E-state index in [2.05, 4.69) is 0 Å². The second-order valence-corrected chi connectivity index (χ2v) is 6.97. The van der Waals surface area contributed by atoms with Gasteiger partial charge in [0, 0.05) is 0 Å². The second-order valence-electron chi connectivity index (χ2n) is 4.29. The summed E-state index contributed by atoms with van der Waals surface area (Å²) < 4.78 is 26.1. The third-order valence-electron chi connectivity index (χ3n) is 2.80. The van der Waals surface area contributed by atoms with E-state index < -0.39 is 22.5 Å². The van der Waals surface area contributed by atoms with Gasteiger partial charge in [0.05, 0.1) is 20.6 Å². The molecule has 0 bridgehead atoms. The van der Waals surface area contributed by atoms with Gasteiger partial charge in [-0.05, 0) is 24.3 Å². The number of halogens is 2. The number of sulfonamides is 1. The molecule has 5 nitrogen and oxygen atoms in total. The van der Waals surface area contributed by atoms with Crippen LogP contribution in [0.2, 0.25) is 10.0 Å². The molecule has 0 fully saturated rings. The largest absolute Gasteiger partial charge is 0.480 e. The Bertz CT molecular complexity index is 773. The normalized spacial score (nSPS) is 11.2. The minimum atomic E-state index is -4.11. The number of carboxylic acid groups (broad SMARTS) is 1. The molecule has 0 aliphatic heterocycles. The Morgan fingerprint density at radius 1 is 1.00 bits per heavy atom. The summed E-state index contributed by atoms with van der Waals surface area (Å²) in [6.45, 7) is -0.791. The van der Waals surface area contributed by atoms with Gasteiger partial charge >= 0.3 is 5.97 Å². The van der Waals surface area contributed by atoms with Crippen molar-refractivity contribution < 1.29 is 18.3 Å². The predicted molar refractivity (Wildman–Crippen MR) is 85.1 cm³/mol. The molecule has 0 heterocycles. The SMILES string of the molecule is O=C(O)CN(c1c(Cl)cccc1Cl)S(=O)(=O)c1ccccc1. The molecule has 0 spiro atoms. The highest BCUT2D eigenvalue weighted by Crippen LogP contribution is 2.36. The summed E-state index contributed by atoms with van der Waals surface area (Å²) in [6.07, 6.45) is 0. The van der Waals surface area contributed by atoms with Crippen molar-refractivity contribution in [2.45, 2.75) is 4.90 Å². The molecule has 0 atom stereocenters. The van der Waals surface area contributed by atoms with E-state index in [4.69, 9.17) is 28.3 Å². The average Bonchev–Trinajstić information content (AvgIpc) is 2.46. The number of rotatable bonds is 5. The summed E-state index contributed by atoms with van der Waals surface area (Å²) in [5.41, 5.74) is -0.0583. The van der Waals surface area contributed by atoms with Crippen LogP contribution in [0.5, 0.6) is 0 Å². The Hall–Kier alpha value is -1.76. The molecule has 0 saturated carbocycles. The first-order valence-electron chi connectivity index (χ1n) is 6.07. The smallest absolute Gasteiger partial charge is 0.324 e. The van der Waals surface area contributed by atoms with Crippen molar-refractivity contribution >= 4 is 44.9 Å². The van der Waals surface area contributed by atoms with E-state index in [0.717, 1.165) is 0 Å². The first-order chi connectivity index (χ1) is 10.3. The molecule has 8 heteroatoms. The van der Waals surface area contributed by atoms with Gasteiger partial charge in [0.15, 0.2) is 0 Å². The number of benzene rings is 2. The highest BCUT2D eigenvalue weighted by molar-refractivity contribution is 7.92. The summed E-state index contributed by atoms with van der Waals surface area (Å²) in [5.74, 6) is -1.32. The molecule has 0 aromatic heterocycles. The summed E-state index contributed by atoms with van der Waals surface area (Å²) >= 11 is 12.0. The zero-order valence-electron chi connectivity index (χ0n) is 11.1. The van der Waals surface area contributed by atoms with Crippen molar-refractivity contribution in [3.63, 3.8) is 0 Å². The number of carboxylic acids is 1.